The molecule has 5 heteroatoms. The van der Waals surface area contributed by atoms with Gasteiger partial charge in [0, 0.05) is 6.92 Å². The Morgan fingerprint density at radius 2 is 1.65 bits per heavy atom. The Morgan fingerprint density at radius 1 is 1.12 bits per heavy atom. The summed E-state index contributed by atoms with van der Waals surface area (Å²) >= 11 is 0. The normalized spacial score (nSPS) is 9.24. The summed E-state index contributed by atoms with van der Waals surface area (Å²) in [6, 6.07) is 5.86. The largest absolute Gasteiger partial charge is 0.432 e. The first-order valence-electron chi connectivity index (χ1n) is 4.70. The molecule has 0 radical (unpaired) electrons. The van der Waals surface area contributed by atoms with Crippen molar-refractivity contribution in [3.05, 3.63) is 48.2 Å². The Hall–Kier alpha value is -2.43. The van der Waals surface area contributed by atoms with Crippen molar-refractivity contribution in [2.75, 3.05) is 0 Å². The quantitative estimate of drug-likeness (QED) is 0.452. The predicted octanol–water partition coefficient (Wildman–Crippen LogP) is 1.69. The van der Waals surface area contributed by atoms with Gasteiger partial charge in [-0.1, -0.05) is 18.7 Å². The van der Waals surface area contributed by atoms with Crippen molar-refractivity contribution in [2.45, 2.75) is 6.92 Å². The van der Waals surface area contributed by atoms with Gasteiger partial charge >= 0.3 is 17.9 Å². The molecule has 0 heterocycles. The zero-order chi connectivity index (χ0) is 12.8. The fraction of sp³-hybridized carbons (Fsp3) is 0.0833. The van der Waals surface area contributed by atoms with E-state index in [9.17, 15) is 14.4 Å². The zero-order valence-electron chi connectivity index (χ0n) is 9.14. The van der Waals surface area contributed by atoms with Crippen molar-refractivity contribution < 1.29 is 23.9 Å². The smallest absolute Gasteiger partial charge is 0.346 e. The maximum Gasteiger partial charge on any atom is 0.346 e. The Labute approximate surface area is 97.6 Å². The van der Waals surface area contributed by atoms with Crippen LogP contribution in [0.3, 0.4) is 0 Å². The van der Waals surface area contributed by atoms with Gasteiger partial charge in [0.25, 0.3) is 0 Å². The van der Waals surface area contributed by atoms with Gasteiger partial charge in [-0.05, 0) is 12.1 Å². The van der Waals surface area contributed by atoms with Crippen molar-refractivity contribution in [3.8, 4) is 0 Å². The van der Waals surface area contributed by atoms with Crippen LogP contribution >= 0.6 is 0 Å². The lowest BCUT2D eigenvalue weighted by Crippen LogP contribution is -2.14. The van der Waals surface area contributed by atoms with E-state index in [0.29, 0.717) is 0 Å². The molecule has 0 aromatic heterocycles. The SMILES string of the molecule is C=COC(=O)c1ccccc1C(=O)OC(C)=O. The molecule has 1 rings (SSSR count). The summed E-state index contributed by atoms with van der Waals surface area (Å²) in [5, 5.41) is 0. The Bertz CT molecular complexity index is 476. The maximum absolute atomic E-state index is 11.5. The molecule has 1 aromatic rings. The van der Waals surface area contributed by atoms with Gasteiger partial charge in [0.2, 0.25) is 0 Å². The van der Waals surface area contributed by atoms with Gasteiger partial charge in [-0.2, -0.15) is 0 Å². The zero-order valence-corrected chi connectivity index (χ0v) is 9.14. The number of rotatable bonds is 3. The minimum absolute atomic E-state index is 0.0126. The van der Waals surface area contributed by atoms with Crippen molar-refractivity contribution in [2.24, 2.45) is 0 Å². The highest BCUT2D eigenvalue weighted by Crippen LogP contribution is 2.12. The summed E-state index contributed by atoms with van der Waals surface area (Å²) in [5.41, 5.74) is -0.0202. The summed E-state index contributed by atoms with van der Waals surface area (Å²) in [5.74, 6) is -2.38. The summed E-state index contributed by atoms with van der Waals surface area (Å²) in [7, 11) is 0. The van der Waals surface area contributed by atoms with Gasteiger partial charge in [0.15, 0.2) is 0 Å². The first-order valence-corrected chi connectivity index (χ1v) is 4.70. The van der Waals surface area contributed by atoms with Gasteiger partial charge in [0.05, 0.1) is 17.4 Å². The average molecular weight is 234 g/mol. The third-order valence-electron chi connectivity index (χ3n) is 1.79. The van der Waals surface area contributed by atoms with Crippen molar-refractivity contribution in [1.82, 2.24) is 0 Å². The summed E-state index contributed by atoms with van der Waals surface area (Å²) in [6.45, 7) is 4.34. The molecule has 0 aliphatic rings. The van der Waals surface area contributed by atoms with Crippen molar-refractivity contribution in [1.29, 1.82) is 0 Å². The average Bonchev–Trinajstić information content (AvgIpc) is 2.28. The fourth-order valence-corrected chi connectivity index (χ4v) is 1.16. The van der Waals surface area contributed by atoms with E-state index in [-0.39, 0.29) is 11.1 Å². The van der Waals surface area contributed by atoms with Crippen molar-refractivity contribution in [3.63, 3.8) is 0 Å². The minimum atomic E-state index is -0.894. The van der Waals surface area contributed by atoms with Crippen LogP contribution in [0.1, 0.15) is 27.6 Å². The summed E-state index contributed by atoms with van der Waals surface area (Å²) in [6.07, 6.45) is 0.954. The molecular formula is C12H10O5. The van der Waals surface area contributed by atoms with E-state index in [1.807, 2.05) is 0 Å². The van der Waals surface area contributed by atoms with Gasteiger partial charge in [0.1, 0.15) is 0 Å². The second-order valence-electron chi connectivity index (χ2n) is 3.00. The molecular weight excluding hydrogens is 224 g/mol. The van der Waals surface area contributed by atoms with E-state index < -0.39 is 17.9 Å². The number of hydrogen-bond acceptors (Lipinski definition) is 5. The molecule has 5 nitrogen and oxygen atoms in total. The first kappa shape index (κ1) is 12.6. The molecule has 0 N–H and O–H groups in total. The number of hydrogen-bond donors (Lipinski definition) is 0. The molecule has 0 saturated heterocycles. The Morgan fingerprint density at radius 3 is 2.12 bits per heavy atom. The lowest BCUT2D eigenvalue weighted by molar-refractivity contribution is -0.135. The highest BCUT2D eigenvalue weighted by atomic mass is 16.6. The molecule has 1 aromatic carbocycles. The second-order valence-corrected chi connectivity index (χ2v) is 3.00. The summed E-state index contributed by atoms with van der Waals surface area (Å²) < 4.78 is 8.95. The molecule has 0 amide bonds. The number of carbonyl (C=O) groups is 3. The van der Waals surface area contributed by atoms with E-state index in [1.54, 1.807) is 12.1 Å². The van der Waals surface area contributed by atoms with E-state index >= 15 is 0 Å². The van der Waals surface area contributed by atoms with Gasteiger partial charge < -0.3 is 9.47 Å². The van der Waals surface area contributed by atoms with Crippen LogP contribution in [-0.2, 0) is 14.3 Å². The molecule has 0 saturated carbocycles. The molecule has 0 spiro atoms. The highest BCUT2D eigenvalue weighted by molar-refractivity contribution is 6.05. The highest BCUT2D eigenvalue weighted by Gasteiger charge is 2.19. The van der Waals surface area contributed by atoms with E-state index in [2.05, 4.69) is 16.1 Å². The molecule has 0 aliphatic carbocycles. The van der Waals surface area contributed by atoms with E-state index in [4.69, 9.17) is 0 Å². The monoisotopic (exact) mass is 234 g/mol. The van der Waals surface area contributed by atoms with Crippen LogP contribution in [0, 0.1) is 0 Å². The second kappa shape index (κ2) is 5.60. The van der Waals surface area contributed by atoms with Crippen LogP contribution < -0.4 is 0 Å². The fourth-order valence-electron chi connectivity index (χ4n) is 1.16. The number of ether oxygens (including phenoxy) is 2. The van der Waals surface area contributed by atoms with E-state index in [1.165, 1.54) is 12.1 Å². The third kappa shape index (κ3) is 3.27. The lowest BCUT2D eigenvalue weighted by Gasteiger charge is -2.05. The number of benzene rings is 1. The van der Waals surface area contributed by atoms with Crippen LogP contribution in [0.25, 0.3) is 0 Å². The minimum Gasteiger partial charge on any atom is -0.432 e. The first-order chi connectivity index (χ1) is 8.06. The van der Waals surface area contributed by atoms with Gasteiger partial charge in [-0.25, -0.2) is 9.59 Å². The van der Waals surface area contributed by atoms with Gasteiger partial charge in [-0.15, -0.1) is 0 Å². The topological polar surface area (TPSA) is 69.7 Å². The number of esters is 3. The standard InChI is InChI=1S/C12H10O5/c1-3-16-11(14)9-6-4-5-7-10(9)12(15)17-8(2)13/h3-7H,1H2,2H3. The van der Waals surface area contributed by atoms with Crippen LogP contribution in [0.5, 0.6) is 0 Å². The molecule has 0 unspecified atom stereocenters. The van der Waals surface area contributed by atoms with Crippen LogP contribution in [0.4, 0.5) is 0 Å². The molecule has 17 heavy (non-hydrogen) atoms. The predicted molar refractivity (Wildman–Crippen MR) is 58.2 cm³/mol. The Kier molecular flexibility index (Phi) is 4.16. The van der Waals surface area contributed by atoms with Crippen LogP contribution in [0.2, 0.25) is 0 Å². The molecule has 0 aliphatic heterocycles. The molecule has 0 fully saturated rings. The molecule has 0 bridgehead atoms. The van der Waals surface area contributed by atoms with Gasteiger partial charge in [-0.3, -0.25) is 4.79 Å². The van der Waals surface area contributed by atoms with Crippen LogP contribution in [-0.4, -0.2) is 17.9 Å². The molecule has 0 atom stereocenters. The number of carbonyl (C=O) groups excluding carboxylic acids is 3. The summed E-state index contributed by atoms with van der Waals surface area (Å²) in [4.78, 5) is 33.6. The lowest BCUT2D eigenvalue weighted by atomic mass is 10.1. The Balaban J connectivity index is 3.07. The maximum atomic E-state index is 11.5. The molecule has 88 valence electrons. The van der Waals surface area contributed by atoms with Crippen molar-refractivity contribution >= 4 is 17.9 Å². The van der Waals surface area contributed by atoms with E-state index in [0.717, 1.165) is 13.2 Å². The third-order valence-corrected chi connectivity index (χ3v) is 1.79. The van der Waals surface area contributed by atoms with Crippen LogP contribution in [0.15, 0.2) is 37.1 Å².